The van der Waals surface area contributed by atoms with Gasteiger partial charge in [-0.1, -0.05) is 6.07 Å². The van der Waals surface area contributed by atoms with Crippen LogP contribution in [0.3, 0.4) is 0 Å². The Morgan fingerprint density at radius 1 is 0.905 bits per heavy atom. The summed E-state index contributed by atoms with van der Waals surface area (Å²) < 4.78 is 26.9. The maximum Gasteiger partial charge on any atom is 0.126 e. The first-order valence-electron chi connectivity index (χ1n) is 6.27. The molecule has 0 aliphatic rings. The van der Waals surface area contributed by atoms with E-state index in [-0.39, 0.29) is 5.82 Å². The summed E-state index contributed by atoms with van der Waals surface area (Å²) >= 11 is 0. The number of nitrogens with zero attached hydrogens (tertiary/aromatic N) is 2. The van der Waals surface area contributed by atoms with E-state index in [4.69, 9.17) is 5.73 Å². The van der Waals surface area contributed by atoms with Crippen LogP contribution in [0.25, 0.3) is 22.4 Å². The minimum absolute atomic E-state index is 0.280. The van der Waals surface area contributed by atoms with Gasteiger partial charge in [0.1, 0.15) is 17.5 Å². The van der Waals surface area contributed by atoms with E-state index in [0.29, 0.717) is 16.8 Å². The molecule has 0 atom stereocenters. The van der Waals surface area contributed by atoms with Crippen LogP contribution >= 0.6 is 0 Å². The van der Waals surface area contributed by atoms with Crippen LogP contribution in [0.1, 0.15) is 0 Å². The first-order valence-corrected chi connectivity index (χ1v) is 6.27. The van der Waals surface area contributed by atoms with E-state index in [2.05, 4.69) is 9.97 Å². The van der Waals surface area contributed by atoms with Crippen molar-refractivity contribution in [2.45, 2.75) is 0 Å². The van der Waals surface area contributed by atoms with Crippen LogP contribution in [0.2, 0.25) is 0 Å². The largest absolute Gasteiger partial charge is 0.384 e. The van der Waals surface area contributed by atoms with Gasteiger partial charge in [-0.3, -0.25) is 4.98 Å². The van der Waals surface area contributed by atoms with E-state index in [1.54, 1.807) is 30.6 Å². The number of anilines is 1. The van der Waals surface area contributed by atoms with E-state index < -0.39 is 11.6 Å². The first-order chi connectivity index (χ1) is 10.1. The van der Waals surface area contributed by atoms with Gasteiger partial charge in [-0.2, -0.15) is 0 Å². The first kappa shape index (κ1) is 13.2. The molecule has 5 heteroatoms. The summed E-state index contributed by atoms with van der Waals surface area (Å²) in [5.74, 6) is -1.04. The summed E-state index contributed by atoms with van der Waals surface area (Å²) in [5, 5.41) is 0. The van der Waals surface area contributed by atoms with Crippen molar-refractivity contribution in [3.8, 4) is 22.4 Å². The Hall–Kier alpha value is -2.82. The van der Waals surface area contributed by atoms with Gasteiger partial charge in [-0.15, -0.1) is 0 Å². The van der Waals surface area contributed by atoms with Crippen LogP contribution < -0.4 is 5.73 Å². The molecule has 0 spiro atoms. The third-order valence-electron chi connectivity index (χ3n) is 3.03. The second-order valence-corrected chi connectivity index (χ2v) is 4.53. The van der Waals surface area contributed by atoms with Gasteiger partial charge in [0.05, 0.1) is 5.69 Å². The summed E-state index contributed by atoms with van der Waals surface area (Å²) in [6.07, 6.45) is 3.31. The van der Waals surface area contributed by atoms with Crippen LogP contribution in [-0.4, -0.2) is 9.97 Å². The van der Waals surface area contributed by atoms with Gasteiger partial charge in [0.15, 0.2) is 0 Å². The number of nitrogens with two attached hydrogens (primary N) is 1. The second-order valence-electron chi connectivity index (χ2n) is 4.53. The normalized spacial score (nSPS) is 10.6. The molecule has 0 unspecified atom stereocenters. The predicted octanol–water partition coefficient (Wildman–Crippen LogP) is 3.67. The minimum Gasteiger partial charge on any atom is -0.384 e. The SMILES string of the molecule is Nc1ccc(-c2cccnc2)c(-c2cc(F)cc(F)c2)n1. The molecule has 21 heavy (non-hydrogen) atoms. The third-order valence-corrected chi connectivity index (χ3v) is 3.03. The molecule has 0 aliphatic heterocycles. The van der Waals surface area contributed by atoms with Gasteiger partial charge in [0, 0.05) is 35.2 Å². The molecular formula is C16H11F2N3. The number of nitrogen functional groups attached to an aromatic ring is 1. The number of rotatable bonds is 2. The van der Waals surface area contributed by atoms with Crippen molar-refractivity contribution in [2.24, 2.45) is 0 Å². The molecule has 0 radical (unpaired) electrons. The van der Waals surface area contributed by atoms with Crippen LogP contribution in [0.5, 0.6) is 0 Å². The second kappa shape index (κ2) is 5.28. The maximum absolute atomic E-state index is 13.4. The molecule has 2 heterocycles. The van der Waals surface area contributed by atoms with E-state index >= 15 is 0 Å². The molecule has 0 amide bonds. The molecule has 3 nitrogen and oxygen atoms in total. The average Bonchev–Trinajstić information content (AvgIpc) is 2.47. The van der Waals surface area contributed by atoms with Crippen molar-refractivity contribution in [1.82, 2.24) is 9.97 Å². The van der Waals surface area contributed by atoms with Gasteiger partial charge in [0.2, 0.25) is 0 Å². The van der Waals surface area contributed by atoms with Crippen molar-refractivity contribution in [3.05, 3.63) is 66.5 Å². The molecule has 3 aromatic rings. The molecule has 0 saturated heterocycles. The highest BCUT2D eigenvalue weighted by Crippen LogP contribution is 2.31. The molecule has 104 valence electrons. The fourth-order valence-electron chi connectivity index (χ4n) is 2.14. The quantitative estimate of drug-likeness (QED) is 0.780. The zero-order valence-electron chi connectivity index (χ0n) is 10.9. The van der Waals surface area contributed by atoms with Crippen molar-refractivity contribution in [3.63, 3.8) is 0 Å². The average molecular weight is 283 g/mol. The van der Waals surface area contributed by atoms with Crippen LogP contribution in [-0.2, 0) is 0 Å². The van der Waals surface area contributed by atoms with Gasteiger partial charge >= 0.3 is 0 Å². The van der Waals surface area contributed by atoms with Crippen molar-refractivity contribution < 1.29 is 8.78 Å². The third kappa shape index (κ3) is 2.72. The Morgan fingerprint density at radius 2 is 1.67 bits per heavy atom. The van der Waals surface area contributed by atoms with Crippen molar-refractivity contribution >= 4 is 5.82 Å². The minimum atomic E-state index is -0.661. The standard InChI is InChI=1S/C16H11F2N3/c17-12-6-11(7-13(18)8-12)16-14(3-4-15(19)21-16)10-2-1-5-20-9-10/h1-9H,(H2,19,21). The molecular weight excluding hydrogens is 272 g/mol. The highest BCUT2D eigenvalue weighted by atomic mass is 19.1. The number of benzene rings is 1. The van der Waals surface area contributed by atoms with Crippen LogP contribution in [0, 0.1) is 11.6 Å². The highest BCUT2D eigenvalue weighted by molar-refractivity contribution is 5.81. The Bertz CT molecular complexity index is 769. The van der Waals surface area contributed by atoms with E-state index in [0.717, 1.165) is 11.6 Å². The van der Waals surface area contributed by atoms with Gasteiger partial charge < -0.3 is 5.73 Å². The molecule has 0 saturated carbocycles. The molecule has 3 rings (SSSR count). The predicted molar refractivity (Wildman–Crippen MR) is 77.2 cm³/mol. The number of halogens is 2. The van der Waals surface area contributed by atoms with Crippen molar-refractivity contribution in [1.29, 1.82) is 0 Å². The Balaban J connectivity index is 2.24. The Morgan fingerprint density at radius 3 is 2.33 bits per heavy atom. The van der Waals surface area contributed by atoms with Gasteiger partial charge in [0.25, 0.3) is 0 Å². The molecule has 0 fully saturated rings. The molecule has 1 aromatic carbocycles. The summed E-state index contributed by atoms with van der Waals surface area (Å²) in [6.45, 7) is 0. The zero-order valence-corrected chi connectivity index (χ0v) is 10.9. The summed E-state index contributed by atoms with van der Waals surface area (Å²) in [6, 6.07) is 10.3. The fourth-order valence-corrected chi connectivity index (χ4v) is 2.14. The molecule has 0 aliphatic carbocycles. The lowest BCUT2D eigenvalue weighted by Gasteiger charge is -2.10. The zero-order chi connectivity index (χ0) is 14.8. The number of hydrogen-bond acceptors (Lipinski definition) is 3. The topological polar surface area (TPSA) is 51.8 Å². The summed E-state index contributed by atoms with van der Waals surface area (Å²) in [7, 11) is 0. The molecule has 0 bridgehead atoms. The van der Waals surface area contributed by atoms with Crippen LogP contribution in [0.15, 0.2) is 54.9 Å². The lowest BCUT2D eigenvalue weighted by Crippen LogP contribution is -1.96. The molecule has 2 aromatic heterocycles. The van der Waals surface area contributed by atoms with Crippen LogP contribution in [0.4, 0.5) is 14.6 Å². The highest BCUT2D eigenvalue weighted by Gasteiger charge is 2.12. The summed E-state index contributed by atoms with van der Waals surface area (Å²) in [5.41, 5.74) is 7.96. The molecule has 2 N–H and O–H groups in total. The van der Waals surface area contributed by atoms with Crippen molar-refractivity contribution in [2.75, 3.05) is 5.73 Å². The van der Waals surface area contributed by atoms with E-state index in [1.165, 1.54) is 12.1 Å². The van der Waals surface area contributed by atoms with Gasteiger partial charge in [-0.25, -0.2) is 13.8 Å². The lowest BCUT2D eigenvalue weighted by molar-refractivity contribution is 0.584. The lowest BCUT2D eigenvalue weighted by atomic mass is 10.0. The maximum atomic E-state index is 13.4. The Kier molecular flexibility index (Phi) is 3.31. The summed E-state index contributed by atoms with van der Waals surface area (Å²) in [4.78, 5) is 8.26. The fraction of sp³-hybridized carbons (Fsp3) is 0. The monoisotopic (exact) mass is 283 g/mol. The van der Waals surface area contributed by atoms with Gasteiger partial charge in [-0.05, 0) is 30.3 Å². The number of aromatic nitrogens is 2. The number of hydrogen-bond donors (Lipinski definition) is 1. The number of pyridine rings is 2. The van der Waals surface area contributed by atoms with E-state index in [1.807, 2.05) is 6.07 Å². The van der Waals surface area contributed by atoms with E-state index in [9.17, 15) is 8.78 Å². The smallest absolute Gasteiger partial charge is 0.126 e. The Labute approximate surface area is 120 Å².